The minimum atomic E-state index is -1.30. The number of likely N-dealkylation sites (N-methyl/N-ethyl adjacent to an activating group) is 1. The molecule has 1 spiro atoms. The van der Waals surface area contributed by atoms with Crippen molar-refractivity contribution in [1.82, 2.24) is 9.80 Å². The first-order valence-electron chi connectivity index (χ1n) is 11.5. The smallest absolute Gasteiger partial charge is 0.253 e. The number of carbonyl (C=O) groups is 3. The fourth-order valence-electron chi connectivity index (χ4n) is 5.76. The van der Waals surface area contributed by atoms with Gasteiger partial charge < -0.3 is 29.3 Å². The van der Waals surface area contributed by atoms with Crippen molar-refractivity contribution in [3.8, 4) is 5.75 Å². The molecular weight excluding hydrogens is 438 g/mol. The average molecular weight is 468 g/mol. The first kappa shape index (κ1) is 22.6. The van der Waals surface area contributed by atoms with Gasteiger partial charge in [-0.25, -0.2) is 0 Å². The number of aliphatic hydroxyl groups is 1. The van der Waals surface area contributed by atoms with Gasteiger partial charge in [0.25, 0.3) is 5.91 Å². The lowest BCUT2D eigenvalue weighted by atomic mass is 9.77. The predicted molar refractivity (Wildman–Crippen MR) is 123 cm³/mol. The second-order valence-electron chi connectivity index (χ2n) is 9.32. The van der Waals surface area contributed by atoms with Crippen molar-refractivity contribution in [1.29, 1.82) is 0 Å². The first-order valence-corrected chi connectivity index (χ1v) is 11.5. The summed E-state index contributed by atoms with van der Waals surface area (Å²) in [6.45, 7) is 2.11. The van der Waals surface area contributed by atoms with Crippen LogP contribution in [0.5, 0.6) is 5.75 Å². The maximum absolute atomic E-state index is 14.1. The standard InChI is InChI=1S/C25H29N3O6/c1-15(14-29)28-21-24(32)27(16-7-9-17(33-3)10-8-16)13-5-11-25(21)20(23(28)31)19-18(34-25)6-4-12-26(2)22(19)30/h4-11,15,18-21,29H,12-14H2,1-3H3/t15-,18+,19-,20+,21?,25+/m1/s1. The van der Waals surface area contributed by atoms with Crippen LogP contribution in [-0.4, -0.2) is 90.3 Å². The molecule has 9 heteroatoms. The van der Waals surface area contributed by atoms with Crippen molar-refractivity contribution in [3.63, 3.8) is 0 Å². The van der Waals surface area contributed by atoms with Gasteiger partial charge in [0.2, 0.25) is 11.8 Å². The Hall–Kier alpha value is -3.17. The summed E-state index contributed by atoms with van der Waals surface area (Å²) in [5.74, 6) is -1.76. The van der Waals surface area contributed by atoms with E-state index >= 15 is 0 Å². The Kier molecular flexibility index (Phi) is 5.49. The molecule has 4 aliphatic heterocycles. The highest BCUT2D eigenvalue weighted by atomic mass is 16.5. The second kappa shape index (κ2) is 8.25. The van der Waals surface area contributed by atoms with Gasteiger partial charge in [-0.2, -0.15) is 0 Å². The molecule has 1 aromatic carbocycles. The number of hydrogen-bond acceptors (Lipinski definition) is 6. The number of nitrogens with zero attached hydrogens (tertiary/aromatic N) is 3. The number of anilines is 1. The van der Waals surface area contributed by atoms with Gasteiger partial charge >= 0.3 is 0 Å². The molecule has 5 rings (SSSR count). The Balaban J connectivity index is 1.62. The molecule has 9 nitrogen and oxygen atoms in total. The third-order valence-corrected chi connectivity index (χ3v) is 7.42. The molecule has 34 heavy (non-hydrogen) atoms. The average Bonchev–Trinajstić information content (AvgIpc) is 3.18. The number of hydrogen-bond donors (Lipinski definition) is 1. The number of fused-ring (bicyclic) bond motifs is 2. The molecule has 2 fully saturated rings. The topological polar surface area (TPSA) is 99.6 Å². The van der Waals surface area contributed by atoms with Crippen LogP contribution in [0.4, 0.5) is 5.69 Å². The quantitative estimate of drug-likeness (QED) is 0.651. The van der Waals surface area contributed by atoms with Crippen molar-refractivity contribution in [2.75, 3.05) is 38.8 Å². The lowest BCUT2D eigenvalue weighted by molar-refractivity contribution is -0.146. The summed E-state index contributed by atoms with van der Waals surface area (Å²) in [4.78, 5) is 45.9. The van der Waals surface area contributed by atoms with E-state index in [4.69, 9.17) is 9.47 Å². The van der Waals surface area contributed by atoms with E-state index in [0.717, 1.165) is 0 Å². The number of benzene rings is 1. The normalized spacial score (nSPS) is 33.4. The summed E-state index contributed by atoms with van der Waals surface area (Å²) in [5, 5.41) is 9.95. The fraction of sp³-hybridized carbons (Fsp3) is 0.480. The number of rotatable bonds is 4. The number of ether oxygens (including phenoxy) is 2. The van der Waals surface area contributed by atoms with E-state index in [-0.39, 0.29) is 30.9 Å². The number of amides is 3. The van der Waals surface area contributed by atoms with Crippen molar-refractivity contribution in [3.05, 3.63) is 48.6 Å². The van der Waals surface area contributed by atoms with Gasteiger partial charge in [-0.1, -0.05) is 24.3 Å². The van der Waals surface area contributed by atoms with Crippen molar-refractivity contribution in [2.24, 2.45) is 11.8 Å². The number of likely N-dealkylation sites (tertiary alicyclic amines) is 1. The summed E-state index contributed by atoms with van der Waals surface area (Å²) in [6, 6.07) is 5.49. The number of carbonyl (C=O) groups excluding carboxylic acids is 3. The summed E-state index contributed by atoms with van der Waals surface area (Å²) in [5.41, 5.74) is -0.644. The minimum absolute atomic E-state index is 0.181. The van der Waals surface area contributed by atoms with E-state index in [1.807, 2.05) is 18.2 Å². The van der Waals surface area contributed by atoms with E-state index in [0.29, 0.717) is 18.0 Å². The van der Waals surface area contributed by atoms with Gasteiger partial charge in [-0.15, -0.1) is 0 Å². The van der Waals surface area contributed by atoms with Crippen LogP contribution in [0.25, 0.3) is 0 Å². The van der Waals surface area contributed by atoms with Crippen LogP contribution < -0.4 is 9.64 Å². The van der Waals surface area contributed by atoms with E-state index in [1.54, 1.807) is 61.2 Å². The summed E-state index contributed by atoms with van der Waals surface area (Å²) >= 11 is 0. The Morgan fingerprint density at radius 3 is 2.53 bits per heavy atom. The maximum atomic E-state index is 14.1. The van der Waals surface area contributed by atoms with Crippen molar-refractivity contribution in [2.45, 2.75) is 30.7 Å². The number of aliphatic hydroxyl groups excluding tert-OH is 1. The van der Waals surface area contributed by atoms with Crippen LogP contribution >= 0.6 is 0 Å². The zero-order valence-electron chi connectivity index (χ0n) is 19.5. The largest absolute Gasteiger partial charge is 0.497 e. The minimum Gasteiger partial charge on any atom is -0.497 e. The summed E-state index contributed by atoms with van der Waals surface area (Å²) < 4.78 is 11.7. The van der Waals surface area contributed by atoms with Crippen LogP contribution in [-0.2, 0) is 19.1 Å². The maximum Gasteiger partial charge on any atom is 0.253 e. The van der Waals surface area contributed by atoms with Crippen LogP contribution in [0.1, 0.15) is 6.92 Å². The molecule has 4 heterocycles. The zero-order chi connectivity index (χ0) is 24.2. The predicted octanol–water partition coefficient (Wildman–Crippen LogP) is 0.588. The van der Waals surface area contributed by atoms with Crippen LogP contribution in [0.3, 0.4) is 0 Å². The second-order valence-corrected chi connectivity index (χ2v) is 9.32. The Bertz CT molecular complexity index is 1070. The lowest BCUT2D eigenvalue weighted by Crippen LogP contribution is -2.57. The highest BCUT2D eigenvalue weighted by Gasteiger charge is 2.72. The van der Waals surface area contributed by atoms with Gasteiger partial charge in [-0.3, -0.25) is 14.4 Å². The van der Waals surface area contributed by atoms with E-state index in [2.05, 4.69) is 0 Å². The molecule has 1 N–H and O–H groups in total. The summed E-state index contributed by atoms with van der Waals surface area (Å²) in [6.07, 6.45) is 6.71. The van der Waals surface area contributed by atoms with E-state index < -0.39 is 35.6 Å². The molecule has 2 saturated heterocycles. The molecule has 6 atom stereocenters. The van der Waals surface area contributed by atoms with Crippen LogP contribution in [0.2, 0.25) is 0 Å². The molecule has 0 bridgehead atoms. The molecule has 0 saturated carbocycles. The van der Waals surface area contributed by atoms with Crippen LogP contribution in [0, 0.1) is 11.8 Å². The highest BCUT2D eigenvalue weighted by molar-refractivity contribution is 6.06. The first-order chi connectivity index (χ1) is 16.3. The van der Waals surface area contributed by atoms with Gasteiger partial charge in [0, 0.05) is 25.8 Å². The molecule has 0 radical (unpaired) electrons. The van der Waals surface area contributed by atoms with Crippen molar-refractivity contribution < 1.29 is 29.0 Å². The molecular formula is C25H29N3O6. The van der Waals surface area contributed by atoms with E-state index in [1.165, 1.54) is 4.90 Å². The summed E-state index contributed by atoms with van der Waals surface area (Å²) in [7, 11) is 3.27. The molecule has 0 aliphatic carbocycles. The number of methoxy groups -OCH3 is 1. The third-order valence-electron chi connectivity index (χ3n) is 7.42. The Labute approximate surface area is 198 Å². The molecule has 3 amide bonds. The van der Waals surface area contributed by atoms with Gasteiger partial charge in [0.1, 0.15) is 17.4 Å². The monoisotopic (exact) mass is 467 g/mol. The Morgan fingerprint density at radius 1 is 1.12 bits per heavy atom. The highest BCUT2D eigenvalue weighted by Crippen LogP contribution is 2.54. The SMILES string of the molecule is COc1ccc(N2CC=C[C@]34O[C@H]5C=CCN(C)C(=O)[C@H]5[C@H]3C(=O)N([C@H](C)CO)C4C2=O)cc1. The van der Waals surface area contributed by atoms with Gasteiger partial charge in [0.15, 0.2) is 0 Å². The molecule has 4 aliphatic rings. The third kappa shape index (κ3) is 3.10. The lowest BCUT2D eigenvalue weighted by Gasteiger charge is -2.37. The van der Waals surface area contributed by atoms with Gasteiger partial charge in [0.05, 0.1) is 37.7 Å². The van der Waals surface area contributed by atoms with Gasteiger partial charge in [-0.05, 0) is 31.2 Å². The molecule has 0 aromatic heterocycles. The molecule has 180 valence electrons. The zero-order valence-corrected chi connectivity index (χ0v) is 19.5. The Morgan fingerprint density at radius 2 is 1.85 bits per heavy atom. The fourth-order valence-corrected chi connectivity index (χ4v) is 5.76. The van der Waals surface area contributed by atoms with E-state index in [9.17, 15) is 19.5 Å². The molecule has 1 aromatic rings. The molecule has 1 unspecified atom stereocenters. The van der Waals surface area contributed by atoms with Crippen molar-refractivity contribution >= 4 is 23.4 Å². The van der Waals surface area contributed by atoms with Crippen LogP contribution in [0.15, 0.2) is 48.6 Å².